The summed E-state index contributed by atoms with van der Waals surface area (Å²) in [6.45, 7) is 0. The van der Waals surface area contributed by atoms with Crippen LogP contribution in [-0.2, 0) is 0 Å². The predicted octanol–water partition coefficient (Wildman–Crippen LogP) is 1.48. The van der Waals surface area contributed by atoms with Gasteiger partial charge in [-0.3, -0.25) is 0 Å². The van der Waals surface area contributed by atoms with E-state index < -0.39 is 0 Å². The van der Waals surface area contributed by atoms with Crippen molar-refractivity contribution in [3.05, 3.63) is 36.4 Å². The molecule has 0 aliphatic heterocycles. The van der Waals surface area contributed by atoms with E-state index in [1.165, 1.54) is 0 Å². The van der Waals surface area contributed by atoms with Crippen molar-refractivity contribution in [3.8, 4) is 5.75 Å². The molecule has 2 rings (SSSR count). The van der Waals surface area contributed by atoms with Crippen LogP contribution in [-0.4, -0.2) is 34.7 Å². The number of hydrogen-bond acceptors (Lipinski definition) is 2. The summed E-state index contributed by atoms with van der Waals surface area (Å²) in [6.07, 6.45) is 0. The molecule has 0 radical (unpaired) electrons. The van der Waals surface area contributed by atoms with Gasteiger partial charge in [-0.2, -0.15) is 0 Å². The molecule has 0 atom stereocenters. The third kappa shape index (κ3) is 1.97. The Balaban J connectivity index is 0.000000845. The molecule has 13 heavy (non-hydrogen) atoms. The van der Waals surface area contributed by atoms with E-state index in [1.54, 1.807) is 12.1 Å². The van der Waals surface area contributed by atoms with Crippen LogP contribution in [0.2, 0.25) is 0 Å². The van der Waals surface area contributed by atoms with E-state index in [1.807, 2.05) is 24.3 Å². The van der Waals surface area contributed by atoms with Crippen molar-refractivity contribution in [3.63, 3.8) is 0 Å². The number of benzene rings is 2. The zero-order chi connectivity index (χ0) is 8.55. The molecule has 2 aromatic carbocycles. The van der Waals surface area contributed by atoms with Gasteiger partial charge in [-0.05, 0) is 23.6 Å². The summed E-state index contributed by atoms with van der Waals surface area (Å²) in [7, 11) is 0. The molecule has 0 spiro atoms. The molecular weight excluding hydrogens is 173 g/mol. The van der Waals surface area contributed by atoms with Crippen molar-refractivity contribution in [2.45, 2.75) is 0 Å². The normalized spacial score (nSPS) is 9.54. The van der Waals surface area contributed by atoms with E-state index in [2.05, 4.69) is 0 Å². The summed E-state index contributed by atoms with van der Waals surface area (Å²) < 4.78 is 0. The van der Waals surface area contributed by atoms with Gasteiger partial charge in [0, 0.05) is 11.1 Å². The molecule has 0 fully saturated rings. The molecule has 62 valence electrons. The van der Waals surface area contributed by atoms with Crippen molar-refractivity contribution >= 4 is 46.0 Å². The Hall–Kier alpha value is -0.700. The molecule has 3 N–H and O–H groups in total. The summed E-state index contributed by atoms with van der Waals surface area (Å²) >= 11 is 0. The van der Waals surface area contributed by atoms with Crippen LogP contribution >= 0.6 is 0 Å². The Morgan fingerprint density at radius 2 is 1.85 bits per heavy atom. The third-order valence-electron chi connectivity index (χ3n) is 1.90. The monoisotopic (exact) mass is 183 g/mol. The molecular formula is C10H10NNaO. The van der Waals surface area contributed by atoms with Gasteiger partial charge in [-0.1, -0.05) is 18.2 Å². The second-order valence-corrected chi connectivity index (χ2v) is 2.75. The van der Waals surface area contributed by atoms with E-state index in [0.29, 0.717) is 5.69 Å². The van der Waals surface area contributed by atoms with Gasteiger partial charge in [0.25, 0.3) is 0 Å². The van der Waals surface area contributed by atoms with E-state index in [-0.39, 0.29) is 35.3 Å². The fraction of sp³-hybridized carbons (Fsp3) is 0. The number of aromatic hydroxyl groups is 1. The van der Waals surface area contributed by atoms with Gasteiger partial charge in [0.2, 0.25) is 0 Å². The first-order valence-corrected chi connectivity index (χ1v) is 3.74. The molecule has 0 saturated carbocycles. The number of hydrogen-bond donors (Lipinski definition) is 2. The van der Waals surface area contributed by atoms with Crippen molar-refractivity contribution in [1.29, 1.82) is 0 Å². The molecule has 0 aliphatic rings. The average Bonchev–Trinajstić information content (AvgIpc) is 2.07. The molecule has 0 amide bonds. The van der Waals surface area contributed by atoms with Crippen LogP contribution in [0, 0.1) is 0 Å². The van der Waals surface area contributed by atoms with Crippen LogP contribution in [0.15, 0.2) is 36.4 Å². The Morgan fingerprint density at radius 1 is 1.08 bits per heavy atom. The molecule has 0 bridgehead atoms. The van der Waals surface area contributed by atoms with Crippen molar-refractivity contribution in [1.82, 2.24) is 0 Å². The number of nitrogen functional groups attached to an aromatic ring is 1. The fourth-order valence-corrected chi connectivity index (χ4v) is 1.28. The number of anilines is 1. The number of phenols is 1. The Morgan fingerprint density at radius 3 is 2.62 bits per heavy atom. The predicted molar refractivity (Wildman–Crippen MR) is 57.2 cm³/mol. The minimum atomic E-state index is 0. The van der Waals surface area contributed by atoms with E-state index in [9.17, 15) is 5.11 Å². The van der Waals surface area contributed by atoms with Gasteiger partial charge in [-0.25, -0.2) is 0 Å². The number of rotatable bonds is 0. The van der Waals surface area contributed by atoms with Crippen LogP contribution in [0.4, 0.5) is 5.69 Å². The quantitative estimate of drug-likeness (QED) is 0.480. The molecule has 0 saturated heterocycles. The topological polar surface area (TPSA) is 46.2 Å². The first-order valence-electron chi connectivity index (χ1n) is 3.74. The summed E-state index contributed by atoms with van der Waals surface area (Å²) in [5.74, 6) is 0.250. The van der Waals surface area contributed by atoms with Crippen molar-refractivity contribution in [2.24, 2.45) is 0 Å². The Bertz CT molecular complexity index is 428. The van der Waals surface area contributed by atoms with Gasteiger partial charge >= 0.3 is 29.6 Å². The van der Waals surface area contributed by atoms with Crippen LogP contribution < -0.4 is 5.73 Å². The van der Waals surface area contributed by atoms with Gasteiger partial charge in [-0.15, -0.1) is 0 Å². The van der Waals surface area contributed by atoms with Crippen LogP contribution in [0.5, 0.6) is 5.75 Å². The number of nitrogens with two attached hydrogens (primary N) is 1. The standard InChI is InChI=1S/C10H9NO.Na.H/c11-10-3-1-2-7-4-5-8(12)6-9(7)10;;/h1-6,12H,11H2;;. The maximum absolute atomic E-state index is 9.20. The third-order valence-corrected chi connectivity index (χ3v) is 1.90. The van der Waals surface area contributed by atoms with Gasteiger partial charge in [0.15, 0.2) is 0 Å². The summed E-state index contributed by atoms with van der Waals surface area (Å²) in [6, 6.07) is 10.9. The second-order valence-electron chi connectivity index (χ2n) is 2.75. The van der Waals surface area contributed by atoms with E-state index >= 15 is 0 Å². The second kappa shape index (κ2) is 4.01. The molecule has 2 nitrogen and oxygen atoms in total. The van der Waals surface area contributed by atoms with Gasteiger partial charge in [0.05, 0.1) is 0 Å². The van der Waals surface area contributed by atoms with Crippen molar-refractivity contribution in [2.75, 3.05) is 5.73 Å². The van der Waals surface area contributed by atoms with Crippen LogP contribution in [0.25, 0.3) is 10.8 Å². The van der Waals surface area contributed by atoms with E-state index in [0.717, 1.165) is 10.8 Å². The van der Waals surface area contributed by atoms with Crippen LogP contribution in [0.1, 0.15) is 0 Å². The maximum atomic E-state index is 9.20. The zero-order valence-electron chi connectivity index (χ0n) is 6.49. The Kier molecular flexibility index (Phi) is 3.20. The number of fused-ring (bicyclic) bond motifs is 1. The zero-order valence-corrected chi connectivity index (χ0v) is 6.49. The minimum absolute atomic E-state index is 0. The molecule has 2 aromatic rings. The van der Waals surface area contributed by atoms with Crippen molar-refractivity contribution < 1.29 is 5.11 Å². The summed E-state index contributed by atoms with van der Waals surface area (Å²) in [5, 5.41) is 11.1. The summed E-state index contributed by atoms with van der Waals surface area (Å²) in [5.41, 5.74) is 6.41. The first kappa shape index (κ1) is 10.4. The summed E-state index contributed by atoms with van der Waals surface area (Å²) in [4.78, 5) is 0. The van der Waals surface area contributed by atoms with Gasteiger partial charge in [0.1, 0.15) is 5.75 Å². The Labute approximate surface area is 98.7 Å². The SMILES string of the molecule is Nc1cccc2ccc(O)cc12.[NaH]. The molecule has 3 heteroatoms. The van der Waals surface area contributed by atoms with E-state index in [4.69, 9.17) is 5.73 Å². The van der Waals surface area contributed by atoms with Gasteiger partial charge < -0.3 is 10.8 Å². The number of phenolic OH excluding ortho intramolecular Hbond substituents is 1. The van der Waals surface area contributed by atoms with Crippen LogP contribution in [0.3, 0.4) is 0 Å². The molecule has 0 heterocycles. The first-order chi connectivity index (χ1) is 5.77. The average molecular weight is 183 g/mol. The molecule has 0 unspecified atom stereocenters. The fourth-order valence-electron chi connectivity index (χ4n) is 1.28. The molecule has 0 aliphatic carbocycles. The molecule has 0 aromatic heterocycles.